The largest absolute Gasteiger partial charge is 0.477 e. The van der Waals surface area contributed by atoms with Gasteiger partial charge in [-0.15, -0.1) is 11.3 Å². The van der Waals surface area contributed by atoms with Gasteiger partial charge in [0, 0.05) is 20.3 Å². The van der Waals surface area contributed by atoms with Crippen LogP contribution in [0.2, 0.25) is 5.02 Å². The highest BCUT2D eigenvalue weighted by Gasteiger charge is 2.16. The van der Waals surface area contributed by atoms with Crippen LogP contribution in [0, 0.1) is 5.82 Å². The molecule has 1 heterocycles. The fourth-order valence-electron chi connectivity index (χ4n) is 2.36. The third kappa shape index (κ3) is 4.42. The number of nitrogens with one attached hydrogen (secondary N) is 1. The summed E-state index contributed by atoms with van der Waals surface area (Å²) in [5.41, 5.74) is 0.250. The quantitative estimate of drug-likeness (QED) is 0.587. The maximum absolute atomic E-state index is 13.7. The number of thiophene rings is 1. The lowest BCUT2D eigenvalue weighted by Crippen LogP contribution is -2.27. The van der Waals surface area contributed by atoms with Crippen molar-refractivity contribution in [2.45, 2.75) is 0 Å². The molecular formula is C20H13ClFNO3S. The van der Waals surface area contributed by atoms with Crippen molar-refractivity contribution in [2.24, 2.45) is 0 Å². The minimum absolute atomic E-state index is 0.229. The van der Waals surface area contributed by atoms with E-state index in [1.54, 1.807) is 12.1 Å². The van der Waals surface area contributed by atoms with E-state index in [9.17, 15) is 19.1 Å². The van der Waals surface area contributed by atoms with Gasteiger partial charge >= 0.3 is 5.97 Å². The Morgan fingerprint density at radius 3 is 2.44 bits per heavy atom. The molecule has 0 aliphatic carbocycles. The summed E-state index contributed by atoms with van der Waals surface area (Å²) in [6.07, 6.45) is 1.33. The van der Waals surface area contributed by atoms with E-state index in [4.69, 9.17) is 11.6 Å². The summed E-state index contributed by atoms with van der Waals surface area (Å²) in [7, 11) is 0. The molecular weight excluding hydrogens is 389 g/mol. The summed E-state index contributed by atoms with van der Waals surface area (Å²) >= 11 is 7.50. The van der Waals surface area contributed by atoms with Crippen LogP contribution in [0.5, 0.6) is 0 Å². The first-order valence-corrected chi connectivity index (χ1v) is 9.01. The lowest BCUT2D eigenvalue weighted by molar-refractivity contribution is -0.132. The Kier molecular flexibility index (Phi) is 5.69. The van der Waals surface area contributed by atoms with Gasteiger partial charge in [-0.2, -0.15) is 0 Å². The molecule has 136 valence electrons. The van der Waals surface area contributed by atoms with E-state index in [-0.39, 0.29) is 11.3 Å². The molecule has 0 saturated carbocycles. The third-order valence-corrected chi connectivity index (χ3v) is 5.04. The maximum atomic E-state index is 13.7. The Balaban J connectivity index is 1.87. The summed E-state index contributed by atoms with van der Waals surface area (Å²) in [6.45, 7) is 0. The van der Waals surface area contributed by atoms with Crippen molar-refractivity contribution in [1.29, 1.82) is 0 Å². The van der Waals surface area contributed by atoms with Crippen LogP contribution in [0.25, 0.3) is 16.5 Å². The van der Waals surface area contributed by atoms with Crippen LogP contribution < -0.4 is 5.32 Å². The highest BCUT2D eigenvalue weighted by Crippen LogP contribution is 2.33. The van der Waals surface area contributed by atoms with Crippen LogP contribution in [0.15, 0.2) is 66.4 Å². The van der Waals surface area contributed by atoms with Crippen molar-refractivity contribution in [1.82, 2.24) is 5.32 Å². The minimum atomic E-state index is -1.33. The molecule has 0 spiro atoms. The maximum Gasteiger partial charge on any atom is 0.352 e. The number of aliphatic carboxylic acids is 1. The summed E-state index contributed by atoms with van der Waals surface area (Å²) < 4.78 is 13.7. The summed E-state index contributed by atoms with van der Waals surface area (Å²) in [4.78, 5) is 25.1. The van der Waals surface area contributed by atoms with Crippen LogP contribution >= 0.6 is 22.9 Å². The van der Waals surface area contributed by atoms with Crippen molar-refractivity contribution < 1.29 is 19.1 Å². The van der Waals surface area contributed by atoms with Gasteiger partial charge in [0.05, 0.1) is 5.56 Å². The molecule has 27 heavy (non-hydrogen) atoms. The standard InChI is InChI=1S/C20H13ClFNO3S/c21-15-7-3-1-5-13(15)18-10-9-12(27-18)11-17(20(25)26)23-19(24)14-6-2-4-8-16(14)22/h1-11H,(H,23,24)(H,25,26)/b17-11-. The molecule has 2 N–H and O–H groups in total. The average Bonchev–Trinajstić information content (AvgIpc) is 3.10. The van der Waals surface area contributed by atoms with Crippen molar-refractivity contribution in [3.63, 3.8) is 0 Å². The first-order chi connectivity index (χ1) is 13.0. The smallest absolute Gasteiger partial charge is 0.352 e. The van der Waals surface area contributed by atoms with Crippen molar-refractivity contribution in [3.8, 4) is 10.4 Å². The molecule has 0 aliphatic heterocycles. The number of benzene rings is 2. The summed E-state index contributed by atoms with van der Waals surface area (Å²) in [6, 6.07) is 16.2. The van der Waals surface area contributed by atoms with E-state index in [0.29, 0.717) is 9.90 Å². The monoisotopic (exact) mass is 401 g/mol. The fourth-order valence-corrected chi connectivity index (χ4v) is 3.65. The van der Waals surface area contributed by atoms with E-state index in [0.717, 1.165) is 16.5 Å². The van der Waals surface area contributed by atoms with Crippen molar-refractivity contribution in [3.05, 3.63) is 87.6 Å². The molecule has 1 amide bonds. The second-order valence-corrected chi connectivity index (χ2v) is 7.00. The molecule has 0 aliphatic rings. The molecule has 0 fully saturated rings. The molecule has 0 saturated heterocycles. The molecule has 0 radical (unpaired) electrons. The van der Waals surface area contributed by atoms with E-state index in [2.05, 4.69) is 5.32 Å². The molecule has 1 aromatic heterocycles. The van der Waals surface area contributed by atoms with Gasteiger partial charge in [0.25, 0.3) is 5.91 Å². The first-order valence-electron chi connectivity index (χ1n) is 7.81. The summed E-state index contributed by atoms with van der Waals surface area (Å²) in [5, 5.41) is 12.2. The highest BCUT2D eigenvalue weighted by molar-refractivity contribution is 7.16. The molecule has 3 aromatic rings. The lowest BCUT2D eigenvalue weighted by atomic mass is 10.2. The van der Waals surface area contributed by atoms with Gasteiger partial charge in [-0.25, -0.2) is 9.18 Å². The molecule has 4 nitrogen and oxygen atoms in total. The van der Waals surface area contributed by atoms with Gasteiger partial charge in [-0.05, 0) is 36.4 Å². The van der Waals surface area contributed by atoms with E-state index >= 15 is 0 Å². The van der Waals surface area contributed by atoms with E-state index in [1.807, 2.05) is 24.3 Å². The number of hydrogen-bond donors (Lipinski definition) is 2. The Bertz CT molecular complexity index is 1040. The molecule has 7 heteroatoms. The molecule has 0 bridgehead atoms. The fraction of sp³-hybridized carbons (Fsp3) is 0. The van der Waals surface area contributed by atoms with Gasteiger partial charge in [0.1, 0.15) is 11.5 Å². The van der Waals surface area contributed by atoms with Crippen molar-refractivity contribution >= 4 is 40.9 Å². The Morgan fingerprint density at radius 1 is 1.04 bits per heavy atom. The number of carboxylic acid groups (broad SMARTS) is 1. The number of hydrogen-bond acceptors (Lipinski definition) is 3. The molecule has 0 unspecified atom stereocenters. The topological polar surface area (TPSA) is 66.4 Å². The number of rotatable bonds is 5. The van der Waals surface area contributed by atoms with Gasteiger partial charge < -0.3 is 10.4 Å². The van der Waals surface area contributed by atoms with Gasteiger partial charge in [0.2, 0.25) is 0 Å². The Labute approximate surface area is 163 Å². The first kappa shape index (κ1) is 18.8. The van der Waals surface area contributed by atoms with Gasteiger partial charge in [-0.1, -0.05) is 41.9 Å². The van der Waals surface area contributed by atoms with E-state index in [1.165, 1.54) is 35.6 Å². The second kappa shape index (κ2) is 8.16. The van der Waals surface area contributed by atoms with Crippen LogP contribution in [0.1, 0.15) is 15.2 Å². The zero-order valence-electron chi connectivity index (χ0n) is 13.8. The zero-order valence-corrected chi connectivity index (χ0v) is 15.4. The molecule has 0 atom stereocenters. The Hall–Kier alpha value is -2.96. The SMILES string of the molecule is O=C(O)/C(=C/c1ccc(-c2ccccc2Cl)s1)NC(=O)c1ccccc1F. The lowest BCUT2D eigenvalue weighted by Gasteiger charge is -2.06. The number of carbonyl (C=O) groups is 2. The van der Waals surface area contributed by atoms with Gasteiger partial charge in [0.15, 0.2) is 0 Å². The molecule has 3 rings (SSSR count). The third-order valence-electron chi connectivity index (χ3n) is 3.65. The number of amides is 1. The highest BCUT2D eigenvalue weighted by atomic mass is 35.5. The van der Waals surface area contributed by atoms with Crippen molar-refractivity contribution in [2.75, 3.05) is 0 Å². The Morgan fingerprint density at radius 2 is 1.74 bits per heavy atom. The minimum Gasteiger partial charge on any atom is -0.477 e. The van der Waals surface area contributed by atoms with Crippen LogP contribution in [-0.2, 0) is 4.79 Å². The van der Waals surface area contributed by atoms with Crippen LogP contribution in [0.3, 0.4) is 0 Å². The van der Waals surface area contributed by atoms with Gasteiger partial charge in [-0.3, -0.25) is 4.79 Å². The predicted molar refractivity (Wildman–Crippen MR) is 104 cm³/mol. The zero-order chi connectivity index (χ0) is 19.4. The predicted octanol–water partition coefficient (Wildman–Crippen LogP) is 5.06. The van der Waals surface area contributed by atoms with Crippen LogP contribution in [0.4, 0.5) is 4.39 Å². The number of carbonyl (C=O) groups excluding carboxylic acids is 1. The normalized spacial score (nSPS) is 11.3. The number of carboxylic acids is 1. The second-order valence-electron chi connectivity index (χ2n) is 5.48. The number of halogens is 2. The average molecular weight is 402 g/mol. The van der Waals surface area contributed by atoms with E-state index < -0.39 is 17.7 Å². The summed E-state index contributed by atoms with van der Waals surface area (Å²) in [5.74, 6) is -2.88. The molecule has 2 aromatic carbocycles. The van der Waals surface area contributed by atoms with Crippen LogP contribution in [-0.4, -0.2) is 17.0 Å².